The van der Waals surface area contributed by atoms with E-state index in [1.165, 1.54) is 42.6 Å². The molecule has 3 rings (SSSR count). The van der Waals surface area contributed by atoms with Crippen molar-refractivity contribution in [1.29, 1.82) is 0 Å². The van der Waals surface area contributed by atoms with Crippen molar-refractivity contribution in [3.63, 3.8) is 0 Å². The van der Waals surface area contributed by atoms with Gasteiger partial charge in [0, 0.05) is 24.1 Å². The number of hydrogen-bond acceptors (Lipinski definition) is 3. The van der Waals surface area contributed by atoms with Gasteiger partial charge in [0.15, 0.2) is 0 Å². The van der Waals surface area contributed by atoms with Crippen molar-refractivity contribution in [2.45, 2.75) is 19.3 Å². The van der Waals surface area contributed by atoms with Crippen molar-refractivity contribution in [3.05, 3.63) is 75.7 Å². The summed E-state index contributed by atoms with van der Waals surface area (Å²) in [4.78, 5) is 37.2. The Labute approximate surface area is 165 Å². The minimum atomic E-state index is -1.20. The molecule has 0 fully saturated rings. The Balaban J connectivity index is 2.08. The first-order valence-electron chi connectivity index (χ1n) is 8.32. The fourth-order valence-corrected chi connectivity index (χ4v) is 3.46. The summed E-state index contributed by atoms with van der Waals surface area (Å²) in [5.74, 6) is -3.41. The number of primary amides is 1. The van der Waals surface area contributed by atoms with E-state index in [4.69, 9.17) is 17.3 Å². The van der Waals surface area contributed by atoms with Gasteiger partial charge in [-0.25, -0.2) is 9.18 Å². The monoisotopic (exact) mass is 402 g/mol. The number of halogens is 2. The first kappa shape index (κ1) is 19.6. The quantitative estimate of drug-likeness (QED) is 0.818. The van der Waals surface area contributed by atoms with Crippen LogP contribution in [0, 0.1) is 12.7 Å². The lowest BCUT2D eigenvalue weighted by atomic mass is 9.86. The van der Waals surface area contributed by atoms with Crippen LogP contribution in [0.25, 0.3) is 0 Å². The Hall–Kier alpha value is -3.19. The predicted octanol–water partition coefficient (Wildman–Crippen LogP) is 3.38. The molecule has 0 unspecified atom stereocenters. The summed E-state index contributed by atoms with van der Waals surface area (Å²) in [5.41, 5.74) is 6.66. The molecule has 1 atom stereocenters. The van der Waals surface area contributed by atoms with E-state index in [-0.39, 0.29) is 34.2 Å². The third-order valence-corrected chi connectivity index (χ3v) is 5.18. The van der Waals surface area contributed by atoms with Crippen molar-refractivity contribution >= 4 is 35.1 Å². The molecule has 0 saturated carbocycles. The van der Waals surface area contributed by atoms with Gasteiger partial charge in [0.2, 0.25) is 11.8 Å². The summed E-state index contributed by atoms with van der Waals surface area (Å²) in [6.45, 7) is 1.59. The Morgan fingerprint density at radius 1 is 1.21 bits per heavy atom. The Kier molecular flexibility index (Phi) is 5.20. The summed E-state index contributed by atoms with van der Waals surface area (Å²) in [6.07, 6.45) is 1.09. The highest BCUT2D eigenvalue weighted by molar-refractivity contribution is 6.35. The molecule has 0 aliphatic carbocycles. The van der Waals surface area contributed by atoms with E-state index in [9.17, 15) is 23.9 Å². The van der Waals surface area contributed by atoms with Gasteiger partial charge in [0.05, 0.1) is 16.3 Å². The van der Waals surface area contributed by atoms with Crippen LogP contribution >= 0.6 is 11.6 Å². The minimum absolute atomic E-state index is 0.0288. The molecule has 3 N–H and O–H groups in total. The highest BCUT2D eigenvalue weighted by Crippen LogP contribution is 2.38. The molecule has 0 radical (unpaired) electrons. The van der Waals surface area contributed by atoms with Crippen molar-refractivity contribution in [2.75, 3.05) is 4.90 Å². The van der Waals surface area contributed by atoms with Crippen LogP contribution in [0.3, 0.4) is 0 Å². The molecule has 2 amide bonds. The molecule has 144 valence electrons. The summed E-state index contributed by atoms with van der Waals surface area (Å²) in [5, 5.41) is 9.77. The predicted molar refractivity (Wildman–Crippen MR) is 102 cm³/mol. The number of aliphatic carboxylic acids is 1. The standard InChI is InChI=1S/C20H16ClFN2O4/c1-10-13(19(23)26)6-7-16(18(10)21)24-9-15(20(27)28)14(8-17(24)25)11-2-4-12(22)5-3-11/h2-7,9,14H,8H2,1H3,(H2,23,26)(H,27,28)/t14-/m0/s1. The Morgan fingerprint density at radius 2 is 1.86 bits per heavy atom. The van der Waals surface area contributed by atoms with Crippen molar-refractivity contribution in [2.24, 2.45) is 5.73 Å². The zero-order valence-corrected chi connectivity index (χ0v) is 15.5. The van der Waals surface area contributed by atoms with Gasteiger partial charge < -0.3 is 10.8 Å². The Bertz CT molecular complexity index is 1020. The summed E-state index contributed by atoms with van der Waals surface area (Å²) in [7, 11) is 0. The Morgan fingerprint density at radius 3 is 2.43 bits per heavy atom. The molecule has 1 heterocycles. The van der Waals surface area contributed by atoms with E-state index >= 15 is 0 Å². The molecule has 0 aromatic heterocycles. The molecular formula is C20H16ClFN2O4. The number of carboxylic acid groups (broad SMARTS) is 1. The number of amides is 2. The number of carboxylic acids is 1. The van der Waals surface area contributed by atoms with Gasteiger partial charge >= 0.3 is 5.97 Å². The van der Waals surface area contributed by atoms with Crippen LogP contribution in [0.5, 0.6) is 0 Å². The zero-order chi connectivity index (χ0) is 20.6. The molecule has 0 spiro atoms. The van der Waals surface area contributed by atoms with Crippen LogP contribution < -0.4 is 10.6 Å². The third-order valence-electron chi connectivity index (χ3n) is 4.70. The van der Waals surface area contributed by atoms with Crippen LogP contribution in [-0.2, 0) is 9.59 Å². The summed E-state index contributed by atoms with van der Waals surface area (Å²) < 4.78 is 13.2. The number of nitrogens with zero attached hydrogens (tertiary/aromatic N) is 1. The zero-order valence-electron chi connectivity index (χ0n) is 14.8. The highest BCUT2D eigenvalue weighted by atomic mass is 35.5. The maximum Gasteiger partial charge on any atom is 0.333 e. The van der Waals surface area contributed by atoms with Crippen molar-refractivity contribution in [3.8, 4) is 0 Å². The molecule has 6 nitrogen and oxygen atoms in total. The lowest BCUT2D eigenvalue weighted by Gasteiger charge is -2.30. The minimum Gasteiger partial charge on any atom is -0.478 e. The average molecular weight is 403 g/mol. The summed E-state index contributed by atoms with van der Waals surface area (Å²) in [6, 6.07) is 8.23. The van der Waals surface area contributed by atoms with Crippen LogP contribution in [0.15, 0.2) is 48.2 Å². The first-order valence-corrected chi connectivity index (χ1v) is 8.70. The van der Waals surface area contributed by atoms with Crippen LogP contribution in [-0.4, -0.2) is 22.9 Å². The number of hydrogen-bond donors (Lipinski definition) is 2. The van der Waals surface area contributed by atoms with Gasteiger partial charge in [-0.3, -0.25) is 14.5 Å². The number of anilines is 1. The van der Waals surface area contributed by atoms with E-state index in [1.807, 2.05) is 0 Å². The molecule has 0 saturated heterocycles. The van der Waals surface area contributed by atoms with Gasteiger partial charge in [-0.2, -0.15) is 0 Å². The lowest BCUT2D eigenvalue weighted by Crippen LogP contribution is -2.34. The number of carbonyl (C=O) groups is 3. The fourth-order valence-electron chi connectivity index (χ4n) is 3.21. The number of benzene rings is 2. The van der Waals surface area contributed by atoms with E-state index in [2.05, 4.69) is 0 Å². The highest BCUT2D eigenvalue weighted by Gasteiger charge is 2.34. The smallest absolute Gasteiger partial charge is 0.333 e. The van der Waals surface area contributed by atoms with E-state index in [0.29, 0.717) is 11.1 Å². The second-order valence-electron chi connectivity index (χ2n) is 6.40. The van der Waals surface area contributed by atoms with Gasteiger partial charge in [0.1, 0.15) is 5.82 Å². The van der Waals surface area contributed by atoms with Crippen LogP contribution in [0.4, 0.5) is 10.1 Å². The summed E-state index contributed by atoms with van der Waals surface area (Å²) >= 11 is 6.32. The van der Waals surface area contributed by atoms with Crippen molar-refractivity contribution < 1.29 is 23.9 Å². The molecule has 1 aliphatic rings. The molecule has 8 heteroatoms. The molecule has 2 aromatic carbocycles. The van der Waals surface area contributed by atoms with E-state index in [1.54, 1.807) is 6.92 Å². The van der Waals surface area contributed by atoms with Gasteiger partial charge in [-0.05, 0) is 42.3 Å². The van der Waals surface area contributed by atoms with Crippen molar-refractivity contribution in [1.82, 2.24) is 0 Å². The van der Waals surface area contributed by atoms with Crippen LogP contribution in [0.2, 0.25) is 5.02 Å². The fraction of sp³-hybridized carbons (Fsp3) is 0.150. The normalized spacial score (nSPS) is 16.7. The van der Waals surface area contributed by atoms with E-state index in [0.717, 1.165) is 4.90 Å². The number of rotatable bonds is 4. The molecule has 2 aromatic rings. The van der Waals surface area contributed by atoms with Gasteiger partial charge in [-0.1, -0.05) is 23.7 Å². The lowest BCUT2D eigenvalue weighted by molar-refractivity contribution is -0.133. The van der Waals surface area contributed by atoms with E-state index < -0.39 is 23.6 Å². The molecular weight excluding hydrogens is 387 g/mol. The third kappa shape index (κ3) is 3.48. The molecule has 1 aliphatic heterocycles. The second kappa shape index (κ2) is 7.44. The molecule has 0 bridgehead atoms. The first-order chi connectivity index (χ1) is 13.2. The number of carbonyl (C=O) groups excluding carboxylic acids is 2. The van der Waals surface area contributed by atoms with Gasteiger partial charge in [0.25, 0.3) is 0 Å². The average Bonchev–Trinajstić information content (AvgIpc) is 2.64. The van der Waals surface area contributed by atoms with Gasteiger partial charge in [-0.15, -0.1) is 0 Å². The molecule has 28 heavy (non-hydrogen) atoms. The SMILES string of the molecule is Cc1c(C(N)=O)ccc(N2C=C(C(=O)O)[C@H](c3ccc(F)cc3)CC2=O)c1Cl. The maximum atomic E-state index is 13.2. The maximum absolute atomic E-state index is 13.2. The largest absolute Gasteiger partial charge is 0.478 e. The second-order valence-corrected chi connectivity index (χ2v) is 6.78. The topological polar surface area (TPSA) is 101 Å². The van der Waals surface area contributed by atoms with Crippen LogP contribution in [0.1, 0.15) is 33.8 Å². The number of nitrogens with two attached hydrogens (primary N) is 1.